The van der Waals surface area contributed by atoms with Crippen molar-refractivity contribution in [1.82, 2.24) is 9.97 Å². The summed E-state index contributed by atoms with van der Waals surface area (Å²) in [7, 11) is 0. The second kappa shape index (κ2) is 7.12. The van der Waals surface area contributed by atoms with E-state index in [2.05, 4.69) is 9.97 Å². The van der Waals surface area contributed by atoms with Gasteiger partial charge in [-0.25, -0.2) is 9.97 Å². The summed E-state index contributed by atoms with van der Waals surface area (Å²) in [5.41, 5.74) is 7.20. The van der Waals surface area contributed by atoms with Gasteiger partial charge in [-0.1, -0.05) is 17.8 Å². The Morgan fingerprint density at radius 3 is 3.00 bits per heavy atom. The summed E-state index contributed by atoms with van der Waals surface area (Å²) >= 11 is 1.40. The van der Waals surface area contributed by atoms with Crippen molar-refractivity contribution in [2.75, 3.05) is 18.1 Å². The highest BCUT2D eigenvalue weighted by Crippen LogP contribution is 2.17. The highest BCUT2D eigenvalue weighted by Gasteiger charge is 2.08. The number of nitrogens with zero attached hydrogens (tertiary/aromatic N) is 2. The van der Waals surface area contributed by atoms with Gasteiger partial charge in [-0.3, -0.25) is 0 Å². The van der Waals surface area contributed by atoms with E-state index >= 15 is 0 Å². The summed E-state index contributed by atoms with van der Waals surface area (Å²) in [6.07, 6.45) is 1.12. The van der Waals surface area contributed by atoms with Crippen LogP contribution >= 0.6 is 11.8 Å². The minimum atomic E-state index is -0.592. The van der Waals surface area contributed by atoms with Crippen LogP contribution in [0, 0.1) is 6.92 Å². The van der Waals surface area contributed by atoms with Crippen molar-refractivity contribution >= 4 is 17.4 Å². The Kier molecular flexibility index (Phi) is 5.20. The molecule has 6 heteroatoms. The predicted molar refractivity (Wildman–Crippen MR) is 79.8 cm³/mol. The number of nitrogen functional groups attached to an aromatic ring is 1. The van der Waals surface area contributed by atoms with Crippen molar-refractivity contribution in [3.8, 4) is 5.75 Å². The van der Waals surface area contributed by atoms with Crippen LogP contribution in [-0.4, -0.2) is 33.5 Å². The molecule has 1 unspecified atom stereocenters. The SMILES string of the molecule is Cc1ccnc(SCC(O)COc2cccc(N)c2)n1. The van der Waals surface area contributed by atoms with Gasteiger partial charge < -0.3 is 15.6 Å². The Labute approximate surface area is 122 Å². The molecule has 0 amide bonds. The number of rotatable bonds is 6. The van der Waals surface area contributed by atoms with Crippen LogP contribution in [0.15, 0.2) is 41.7 Å². The molecule has 0 aliphatic heterocycles. The first-order chi connectivity index (χ1) is 9.63. The average Bonchev–Trinajstić information content (AvgIpc) is 2.43. The Hall–Kier alpha value is -1.79. The molecule has 1 aromatic heterocycles. The summed E-state index contributed by atoms with van der Waals surface area (Å²) in [6, 6.07) is 8.97. The van der Waals surface area contributed by atoms with E-state index in [0.717, 1.165) is 5.69 Å². The second-order valence-electron chi connectivity index (χ2n) is 4.33. The normalized spacial score (nSPS) is 12.1. The second-order valence-corrected chi connectivity index (χ2v) is 5.32. The van der Waals surface area contributed by atoms with Crippen molar-refractivity contribution in [2.45, 2.75) is 18.2 Å². The Morgan fingerprint density at radius 2 is 2.25 bits per heavy atom. The van der Waals surface area contributed by atoms with E-state index in [-0.39, 0.29) is 6.61 Å². The predicted octanol–water partition coefficient (Wildman–Crippen LogP) is 1.90. The highest BCUT2D eigenvalue weighted by molar-refractivity contribution is 7.99. The lowest BCUT2D eigenvalue weighted by molar-refractivity contribution is 0.126. The van der Waals surface area contributed by atoms with Gasteiger partial charge in [0.25, 0.3) is 0 Å². The summed E-state index contributed by atoms with van der Waals surface area (Å²) in [5, 5.41) is 10.5. The number of aliphatic hydroxyl groups is 1. The fourth-order valence-corrected chi connectivity index (χ4v) is 2.29. The molecular formula is C14H17N3O2S. The van der Waals surface area contributed by atoms with Crippen LogP contribution in [0.2, 0.25) is 0 Å². The molecule has 0 radical (unpaired) electrons. The van der Waals surface area contributed by atoms with Crippen LogP contribution in [0.4, 0.5) is 5.69 Å². The van der Waals surface area contributed by atoms with Crippen molar-refractivity contribution in [3.05, 3.63) is 42.2 Å². The van der Waals surface area contributed by atoms with Gasteiger partial charge in [-0.2, -0.15) is 0 Å². The number of benzene rings is 1. The van der Waals surface area contributed by atoms with Crippen LogP contribution in [-0.2, 0) is 0 Å². The smallest absolute Gasteiger partial charge is 0.187 e. The molecule has 2 aromatic rings. The van der Waals surface area contributed by atoms with E-state index in [9.17, 15) is 5.11 Å². The standard InChI is InChI=1S/C14H17N3O2S/c1-10-5-6-16-14(17-10)20-9-12(18)8-19-13-4-2-3-11(15)7-13/h2-7,12,18H,8-9,15H2,1H3. The van der Waals surface area contributed by atoms with E-state index < -0.39 is 6.10 Å². The number of ether oxygens (including phenoxy) is 1. The Morgan fingerprint density at radius 1 is 1.40 bits per heavy atom. The molecule has 1 heterocycles. The molecule has 3 N–H and O–H groups in total. The Bertz CT molecular complexity index is 516. The molecule has 0 aliphatic carbocycles. The number of aliphatic hydroxyl groups excluding tert-OH is 1. The fraction of sp³-hybridized carbons (Fsp3) is 0.286. The largest absolute Gasteiger partial charge is 0.491 e. The van der Waals surface area contributed by atoms with Crippen molar-refractivity contribution < 1.29 is 9.84 Å². The third-order valence-electron chi connectivity index (χ3n) is 2.48. The summed E-state index contributed by atoms with van der Waals surface area (Å²) in [6.45, 7) is 2.12. The number of hydrogen-bond acceptors (Lipinski definition) is 6. The van der Waals surface area contributed by atoms with Crippen LogP contribution in [0.25, 0.3) is 0 Å². The molecule has 0 bridgehead atoms. The Balaban J connectivity index is 1.77. The molecule has 0 saturated carbocycles. The third-order valence-corrected chi connectivity index (χ3v) is 3.48. The first-order valence-electron chi connectivity index (χ1n) is 6.22. The maximum Gasteiger partial charge on any atom is 0.187 e. The molecule has 20 heavy (non-hydrogen) atoms. The van der Waals surface area contributed by atoms with Crippen LogP contribution in [0.5, 0.6) is 5.75 Å². The quantitative estimate of drug-likeness (QED) is 0.480. The van der Waals surface area contributed by atoms with Gasteiger partial charge in [0.1, 0.15) is 12.4 Å². The number of aromatic nitrogens is 2. The molecule has 0 fully saturated rings. The van der Waals surface area contributed by atoms with E-state index in [1.165, 1.54) is 11.8 Å². The zero-order valence-corrected chi connectivity index (χ0v) is 12.0. The molecule has 0 aliphatic rings. The first kappa shape index (κ1) is 14.6. The van der Waals surface area contributed by atoms with E-state index in [1.54, 1.807) is 24.4 Å². The molecule has 0 spiro atoms. The maximum atomic E-state index is 9.88. The number of anilines is 1. The number of nitrogens with two attached hydrogens (primary N) is 1. The summed E-state index contributed by atoms with van der Waals surface area (Å²) < 4.78 is 5.48. The fourth-order valence-electron chi connectivity index (χ4n) is 1.51. The zero-order valence-electron chi connectivity index (χ0n) is 11.2. The van der Waals surface area contributed by atoms with Gasteiger partial charge >= 0.3 is 0 Å². The molecule has 1 atom stereocenters. The number of aryl methyl sites for hydroxylation is 1. The van der Waals surface area contributed by atoms with E-state index in [0.29, 0.717) is 22.3 Å². The monoisotopic (exact) mass is 291 g/mol. The van der Waals surface area contributed by atoms with Crippen LogP contribution in [0.1, 0.15) is 5.69 Å². The minimum Gasteiger partial charge on any atom is -0.491 e. The van der Waals surface area contributed by atoms with Crippen molar-refractivity contribution in [1.29, 1.82) is 0 Å². The van der Waals surface area contributed by atoms with Crippen LogP contribution in [0.3, 0.4) is 0 Å². The zero-order chi connectivity index (χ0) is 14.4. The topological polar surface area (TPSA) is 81.3 Å². The minimum absolute atomic E-state index is 0.211. The van der Waals surface area contributed by atoms with Gasteiger partial charge in [0.05, 0.1) is 6.10 Å². The first-order valence-corrected chi connectivity index (χ1v) is 7.21. The molecule has 106 valence electrons. The molecule has 1 aromatic carbocycles. The van der Waals surface area contributed by atoms with Gasteiger partial charge in [-0.15, -0.1) is 0 Å². The average molecular weight is 291 g/mol. The third kappa shape index (κ3) is 4.71. The van der Waals surface area contributed by atoms with E-state index in [4.69, 9.17) is 10.5 Å². The van der Waals surface area contributed by atoms with E-state index in [1.807, 2.05) is 19.1 Å². The van der Waals surface area contributed by atoms with Crippen LogP contribution < -0.4 is 10.5 Å². The van der Waals surface area contributed by atoms with Gasteiger partial charge in [0.2, 0.25) is 0 Å². The lowest BCUT2D eigenvalue weighted by atomic mass is 10.3. The maximum absolute atomic E-state index is 9.88. The summed E-state index contributed by atoms with van der Waals surface area (Å²) in [5.74, 6) is 1.13. The van der Waals surface area contributed by atoms with Crippen molar-refractivity contribution in [3.63, 3.8) is 0 Å². The lowest BCUT2D eigenvalue weighted by Gasteiger charge is -2.12. The highest BCUT2D eigenvalue weighted by atomic mass is 32.2. The summed E-state index contributed by atoms with van der Waals surface area (Å²) in [4.78, 5) is 8.38. The van der Waals surface area contributed by atoms with Crippen molar-refractivity contribution in [2.24, 2.45) is 0 Å². The van der Waals surface area contributed by atoms with Gasteiger partial charge in [0.15, 0.2) is 5.16 Å². The molecule has 5 nitrogen and oxygen atoms in total. The molecule has 2 rings (SSSR count). The number of thioether (sulfide) groups is 1. The van der Waals surface area contributed by atoms with Gasteiger partial charge in [0, 0.05) is 29.4 Å². The molecule has 0 saturated heterocycles. The molecular weight excluding hydrogens is 274 g/mol. The number of hydrogen-bond donors (Lipinski definition) is 2. The lowest BCUT2D eigenvalue weighted by Crippen LogP contribution is -2.20. The van der Waals surface area contributed by atoms with Gasteiger partial charge in [-0.05, 0) is 25.1 Å².